The van der Waals surface area contributed by atoms with Crippen LogP contribution in [0.4, 0.5) is 0 Å². The van der Waals surface area contributed by atoms with E-state index in [4.69, 9.17) is 11.5 Å². The van der Waals surface area contributed by atoms with Gasteiger partial charge in [0.15, 0.2) is 0 Å². The minimum Gasteiger partial charge on any atom is -0.328 e. The van der Waals surface area contributed by atoms with Crippen LogP contribution in [0.15, 0.2) is 48.5 Å². The fourth-order valence-corrected chi connectivity index (χ4v) is 3.03. The Bertz CT molecular complexity index is 552. The maximum atomic E-state index is 5.88. The van der Waals surface area contributed by atoms with Crippen LogP contribution in [0.3, 0.4) is 0 Å². The van der Waals surface area contributed by atoms with Crippen molar-refractivity contribution >= 4 is 0 Å². The van der Waals surface area contributed by atoms with E-state index in [1.54, 1.807) is 0 Å². The van der Waals surface area contributed by atoms with Crippen molar-refractivity contribution in [1.29, 1.82) is 0 Å². The van der Waals surface area contributed by atoms with Crippen molar-refractivity contribution in [2.75, 3.05) is 0 Å². The smallest absolute Gasteiger partial charge is 0.0146 e. The van der Waals surface area contributed by atoms with Gasteiger partial charge < -0.3 is 11.5 Å². The Labute approximate surface area is 140 Å². The van der Waals surface area contributed by atoms with Gasteiger partial charge in [0.25, 0.3) is 0 Å². The van der Waals surface area contributed by atoms with Crippen LogP contribution in [0, 0.1) is 0 Å². The molecule has 0 saturated carbocycles. The van der Waals surface area contributed by atoms with E-state index in [1.165, 1.54) is 22.3 Å². The van der Waals surface area contributed by atoms with E-state index >= 15 is 0 Å². The summed E-state index contributed by atoms with van der Waals surface area (Å²) < 4.78 is 0. The van der Waals surface area contributed by atoms with E-state index in [0.29, 0.717) is 0 Å². The van der Waals surface area contributed by atoms with Crippen molar-refractivity contribution in [3.63, 3.8) is 0 Å². The van der Waals surface area contributed by atoms with Crippen molar-refractivity contribution in [2.45, 2.75) is 58.0 Å². The van der Waals surface area contributed by atoms with Crippen LogP contribution in [-0.4, -0.2) is 12.1 Å². The van der Waals surface area contributed by atoms with E-state index in [1.807, 2.05) is 13.8 Å². The quantitative estimate of drug-likeness (QED) is 0.853. The lowest BCUT2D eigenvalue weighted by atomic mass is 9.77. The summed E-state index contributed by atoms with van der Waals surface area (Å²) in [5, 5.41) is 0. The molecule has 0 saturated heterocycles. The molecule has 0 aliphatic rings. The van der Waals surface area contributed by atoms with E-state index < -0.39 is 0 Å². The molecule has 0 aliphatic carbocycles. The van der Waals surface area contributed by atoms with E-state index in [2.05, 4.69) is 62.4 Å². The predicted octanol–water partition coefficient (Wildman–Crippen LogP) is 3.79. The van der Waals surface area contributed by atoms with Crippen LogP contribution in [0.2, 0.25) is 0 Å². The number of rotatable bonds is 6. The number of hydrogen-bond acceptors (Lipinski definition) is 2. The molecule has 23 heavy (non-hydrogen) atoms. The summed E-state index contributed by atoms with van der Waals surface area (Å²) in [6.45, 7) is 8.63. The molecule has 0 heterocycles. The maximum Gasteiger partial charge on any atom is 0.0146 e. The third-order valence-electron chi connectivity index (χ3n) is 4.47. The second-order valence-electron chi connectivity index (χ2n) is 7.38. The van der Waals surface area contributed by atoms with E-state index in [9.17, 15) is 0 Å². The maximum absolute atomic E-state index is 5.88. The monoisotopic (exact) mass is 310 g/mol. The lowest BCUT2D eigenvalue weighted by Crippen LogP contribution is -2.20. The van der Waals surface area contributed by atoms with Gasteiger partial charge in [0.1, 0.15) is 0 Å². The normalized spacial score (nSPS) is 14.5. The minimum absolute atomic E-state index is 0.0142. The molecule has 0 aromatic heterocycles. The second kappa shape index (κ2) is 7.29. The Morgan fingerprint density at radius 1 is 0.696 bits per heavy atom. The highest BCUT2D eigenvalue weighted by atomic mass is 14.6. The zero-order chi connectivity index (χ0) is 17.0. The van der Waals surface area contributed by atoms with E-state index in [-0.39, 0.29) is 17.5 Å². The molecule has 2 nitrogen and oxygen atoms in total. The molecular weight excluding hydrogens is 280 g/mol. The third-order valence-corrected chi connectivity index (χ3v) is 4.47. The third kappa shape index (κ3) is 4.66. The van der Waals surface area contributed by atoms with Gasteiger partial charge in [-0.15, -0.1) is 0 Å². The first kappa shape index (κ1) is 17.7. The first-order chi connectivity index (χ1) is 10.8. The van der Waals surface area contributed by atoms with Gasteiger partial charge in [-0.3, -0.25) is 0 Å². The first-order valence-corrected chi connectivity index (χ1v) is 8.49. The number of hydrogen-bond donors (Lipinski definition) is 2. The fourth-order valence-electron chi connectivity index (χ4n) is 3.03. The Morgan fingerprint density at radius 3 is 1.26 bits per heavy atom. The summed E-state index contributed by atoms with van der Waals surface area (Å²) in [5.74, 6) is 0. The molecule has 2 heteroatoms. The fraction of sp³-hybridized carbons (Fsp3) is 0.429. The average Bonchev–Trinajstić information content (AvgIpc) is 2.47. The van der Waals surface area contributed by atoms with Crippen molar-refractivity contribution in [3.05, 3.63) is 70.8 Å². The Morgan fingerprint density at radius 2 is 1.00 bits per heavy atom. The van der Waals surface area contributed by atoms with Gasteiger partial charge in [0.05, 0.1) is 0 Å². The minimum atomic E-state index is -0.0142. The zero-order valence-corrected chi connectivity index (χ0v) is 14.8. The molecule has 4 N–H and O–H groups in total. The lowest BCUT2D eigenvalue weighted by Gasteiger charge is -2.27. The molecule has 2 aromatic carbocycles. The zero-order valence-electron chi connectivity index (χ0n) is 14.8. The second-order valence-corrected chi connectivity index (χ2v) is 7.38. The highest BCUT2D eigenvalue weighted by molar-refractivity contribution is 5.40. The molecular formula is C21H30N2. The number of benzene rings is 2. The van der Waals surface area contributed by atoms with Crippen LogP contribution in [0.25, 0.3) is 0 Å². The largest absolute Gasteiger partial charge is 0.328 e. The highest BCUT2D eigenvalue weighted by Gasteiger charge is 2.22. The van der Waals surface area contributed by atoms with Crippen LogP contribution >= 0.6 is 0 Å². The van der Waals surface area contributed by atoms with Crippen LogP contribution in [-0.2, 0) is 18.3 Å². The highest BCUT2D eigenvalue weighted by Crippen LogP contribution is 2.31. The van der Waals surface area contributed by atoms with Crippen molar-refractivity contribution in [1.82, 2.24) is 0 Å². The molecule has 2 rings (SSSR count). The summed E-state index contributed by atoms with van der Waals surface area (Å²) in [6, 6.07) is 18.1. The summed E-state index contributed by atoms with van der Waals surface area (Å²) in [5.41, 5.74) is 17.0. The standard InChI is InChI=1S/C21H30N2/c1-15(22)13-17-5-9-19(10-6-17)21(3,4)20-11-7-18(8-12-20)14-16(2)23/h5-12,15-16H,13-14,22-23H2,1-4H3. The SMILES string of the molecule is CC(N)Cc1ccc(C(C)(C)c2ccc(CC(C)N)cc2)cc1. The molecule has 0 fully saturated rings. The van der Waals surface area contributed by atoms with Crippen LogP contribution in [0.1, 0.15) is 49.9 Å². The van der Waals surface area contributed by atoms with Gasteiger partial charge in [-0.2, -0.15) is 0 Å². The van der Waals surface area contributed by atoms with Gasteiger partial charge in [-0.1, -0.05) is 62.4 Å². The van der Waals surface area contributed by atoms with Crippen molar-refractivity contribution in [3.8, 4) is 0 Å². The molecule has 0 bridgehead atoms. The first-order valence-electron chi connectivity index (χ1n) is 8.49. The Kier molecular flexibility index (Phi) is 5.61. The number of nitrogens with two attached hydrogens (primary N) is 2. The summed E-state index contributed by atoms with van der Waals surface area (Å²) in [4.78, 5) is 0. The molecule has 0 aliphatic heterocycles. The van der Waals surface area contributed by atoms with Crippen molar-refractivity contribution in [2.24, 2.45) is 11.5 Å². The van der Waals surface area contributed by atoms with Crippen LogP contribution in [0.5, 0.6) is 0 Å². The molecule has 2 unspecified atom stereocenters. The summed E-state index contributed by atoms with van der Waals surface area (Å²) in [6.07, 6.45) is 1.85. The van der Waals surface area contributed by atoms with Gasteiger partial charge in [-0.25, -0.2) is 0 Å². The topological polar surface area (TPSA) is 52.0 Å². The van der Waals surface area contributed by atoms with Crippen LogP contribution < -0.4 is 11.5 Å². The Balaban J connectivity index is 2.19. The summed E-state index contributed by atoms with van der Waals surface area (Å²) in [7, 11) is 0. The molecule has 0 amide bonds. The van der Waals surface area contributed by atoms with Gasteiger partial charge in [0, 0.05) is 17.5 Å². The average molecular weight is 310 g/mol. The molecule has 124 valence electrons. The van der Waals surface area contributed by atoms with Gasteiger partial charge in [0.2, 0.25) is 0 Å². The molecule has 0 radical (unpaired) electrons. The summed E-state index contributed by atoms with van der Waals surface area (Å²) >= 11 is 0. The van der Waals surface area contributed by atoms with Crippen molar-refractivity contribution < 1.29 is 0 Å². The Hall–Kier alpha value is -1.64. The van der Waals surface area contributed by atoms with E-state index in [0.717, 1.165) is 12.8 Å². The molecule has 2 aromatic rings. The van der Waals surface area contributed by atoms with Gasteiger partial charge in [-0.05, 0) is 48.9 Å². The molecule has 2 atom stereocenters. The molecule has 0 spiro atoms. The van der Waals surface area contributed by atoms with Gasteiger partial charge >= 0.3 is 0 Å². The predicted molar refractivity (Wildman–Crippen MR) is 99.7 cm³/mol. The lowest BCUT2D eigenvalue weighted by molar-refractivity contribution is 0.638.